The van der Waals surface area contributed by atoms with Crippen molar-refractivity contribution in [1.29, 1.82) is 0 Å². The van der Waals surface area contributed by atoms with Crippen LogP contribution in [0.2, 0.25) is 0 Å². The first-order valence-corrected chi connectivity index (χ1v) is 12.2. The Hall–Kier alpha value is -3.65. The molecule has 1 amide bonds. The average molecular weight is 476 g/mol. The number of benzene rings is 2. The zero-order valence-electron chi connectivity index (χ0n) is 19.6. The van der Waals surface area contributed by atoms with Crippen LogP contribution in [0, 0.1) is 0 Å². The Morgan fingerprint density at radius 1 is 1.09 bits per heavy atom. The van der Waals surface area contributed by atoms with E-state index < -0.39 is 10.9 Å². The molecule has 3 N–H and O–H groups in total. The molecule has 182 valence electrons. The number of fused-ring (bicyclic) bond motifs is 1. The first-order chi connectivity index (χ1) is 17.0. The molecule has 8 nitrogen and oxygen atoms in total. The van der Waals surface area contributed by atoms with Gasteiger partial charge in [-0.15, -0.1) is 0 Å². The van der Waals surface area contributed by atoms with E-state index >= 15 is 0 Å². The van der Waals surface area contributed by atoms with Gasteiger partial charge in [-0.05, 0) is 43.4 Å². The number of nitrogens with zero attached hydrogens (tertiary/aromatic N) is 1. The number of aromatic hydroxyl groups is 1. The van der Waals surface area contributed by atoms with E-state index in [1.165, 1.54) is 0 Å². The molecule has 1 saturated heterocycles. The highest BCUT2D eigenvalue weighted by Gasteiger charge is 2.39. The molecule has 2 fully saturated rings. The second kappa shape index (κ2) is 9.54. The maximum absolute atomic E-state index is 13.3. The van der Waals surface area contributed by atoms with Gasteiger partial charge in [-0.25, -0.2) is 0 Å². The van der Waals surface area contributed by atoms with Crippen molar-refractivity contribution in [3.8, 4) is 5.75 Å². The third-order valence-corrected chi connectivity index (χ3v) is 7.11. The molecule has 0 bridgehead atoms. The van der Waals surface area contributed by atoms with E-state index in [2.05, 4.69) is 10.6 Å². The van der Waals surface area contributed by atoms with Crippen LogP contribution in [-0.4, -0.2) is 41.2 Å². The highest BCUT2D eigenvalue weighted by molar-refractivity contribution is 5.99. The number of phenolic OH excluding ortho intramolecular Hbond substituents is 1. The molecule has 0 radical (unpaired) electrons. The monoisotopic (exact) mass is 475 g/mol. The Labute approximate surface area is 203 Å². The van der Waals surface area contributed by atoms with Gasteiger partial charge in [-0.1, -0.05) is 43.3 Å². The summed E-state index contributed by atoms with van der Waals surface area (Å²) in [4.78, 5) is 39.9. The van der Waals surface area contributed by atoms with Gasteiger partial charge in [0.15, 0.2) is 5.75 Å². The highest BCUT2D eigenvalue weighted by atomic mass is 16.5. The van der Waals surface area contributed by atoms with Crippen molar-refractivity contribution < 1.29 is 14.6 Å². The number of carbonyl (C=O) groups excluding carboxylic acids is 1. The van der Waals surface area contributed by atoms with Crippen LogP contribution < -0.4 is 21.5 Å². The Bertz CT molecular complexity index is 1300. The normalized spacial score (nSPS) is 20.4. The number of nitrogens with one attached hydrogen (secondary N) is 2. The minimum atomic E-state index is -0.659. The number of rotatable bonds is 7. The van der Waals surface area contributed by atoms with E-state index in [4.69, 9.17) is 4.74 Å². The lowest BCUT2D eigenvalue weighted by atomic mass is 10.0. The second-order valence-corrected chi connectivity index (χ2v) is 9.16. The third-order valence-electron chi connectivity index (χ3n) is 7.11. The number of hydrogen-bond donors (Lipinski definition) is 3. The molecule has 3 atom stereocenters. The van der Waals surface area contributed by atoms with E-state index in [1.54, 1.807) is 23.1 Å². The van der Waals surface area contributed by atoms with Crippen molar-refractivity contribution in [3.63, 3.8) is 0 Å². The van der Waals surface area contributed by atoms with E-state index in [0.717, 1.165) is 24.8 Å². The lowest BCUT2D eigenvalue weighted by molar-refractivity contribution is -0.0446. The Morgan fingerprint density at radius 3 is 2.63 bits per heavy atom. The van der Waals surface area contributed by atoms with Crippen molar-refractivity contribution in [2.24, 2.45) is 0 Å². The average Bonchev–Trinajstić information content (AvgIpc) is 3.38. The van der Waals surface area contributed by atoms with Gasteiger partial charge < -0.3 is 25.4 Å². The molecule has 0 unspecified atom stereocenters. The molecule has 1 aliphatic heterocycles. The van der Waals surface area contributed by atoms with Crippen LogP contribution in [0.4, 0.5) is 17.1 Å². The fraction of sp³-hybridized carbons (Fsp3) is 0.370. The molecular weight excluding hydrogens is 446 g/mol. The molecule has 0 aromatic heterocycles. The zero-order valence-corrected chi connectivity index (χ0v) is 19.6. The Balaban J connectivity index is 1.39. The molecule has 35 heavy (non-hydrogen) atoms. The highest BCUT2D eigenvalue weighted by Crippen LogP contribution is 2.36. The van der Waals surface area contributed by atoms with Gasteiger partial charge in [0.05, 0.1) is 36.0 Å². The van der Waals surface area contributed by atoms with E-state index in [1.807, 2.05) is 37.3 Å². The van der Waals surface area contributed by atoms with Crippen molar-refractivity contribution >= 4 is 23.0 Å². The van der Waals surface area contributed by atoms with Crippen LogP contribution in [-0.2, 0) is 4.74 Å². The molecule has 1 saturated carbocycles. The summed E-state index contributed by atoms with van der Waals surface area (Å²) in [5.41, 5.74) is 0.375. The SMILES string of the molecule is CC[C@@H](Nc1c(Nc2cccc(C(=O)N3CCO[C@@H]4CCC[C@H]43)c2O)c(=O)c1=O)c1ccccc1. The van der Waals surface area contributed by atoms with E-state index in [9.17, 15) is 19.5 Å². The fourth-order valence-electron chi connectivity index (χ4n) is 5.21. The summed E-state index contributed by atoms with van der Waals surface area (Å²) >= 11 is 0. The van der Waals surface area contributed by atoms with Crippen LogP contribution in [0.3, 0.4) is 0 Å². The summed E-state index contributed by atoms with van der Waals surface area (Å²) in [5, 5.41) is 17.0. The maximum Gasteiger partial charge on any atom is 0.258 e. The molecule has 8 heteroatoms. The number of anilines is 3. The largest absolute Gasteiger partial charge is 0.505 e. The van der Waals surface area contributed by atoms with Gasteiger partial charge in [0.2, 0.25) is 0 Å². The smallest absolute Gasteiger partial charge is 0.258 e. The number of morpholine rings is 1. The number of para-hydroxylation sites is 1. The number of hydrogen-bond acceptors (Lipinski definition) is 7. The Morgan fingerprint density at radius 2 is 1.86 bits per heavy atom. The van der Waals surface area contributed by atoms with E-state index in [-0.39, 0.29) is 52.5 Å². The van der Waals surface area contributed by atoms with Gasteiger partial charge in [0, 0.05) is 6.54 Å². The van der Waals surface area contributed by atoms with Crippen LogP contribution >= 0.6 is 0 Å². The van der Waals surface area contributed by atoms with Crippen molar-refractivity contribution in [2.45, 2.75) is 50.8 Å². The summed E-state index contributed by atoms with van der Waals surface area (Å²) in [6.45, 7) is 2.94. The summed E-state index contributed by atoms with van der Waals surface area (Å²) in [6.07, 6.45) is 3.58. The summed E-state index contributed by atoms with van der Waals surface area (Å²) in [6, 6.07) is 14.4. The van der Waals surface area contributed by atoms with Crippen molar-refractivity contribution in [1.82, 2.24) is 4.90 Å². The van der Waals surface area contributed by atoms with Gasteiger partial charge in [-0.3, -0.25) is 14.4 Å². The standard InChI is InChI=1S/C27H29N3O5/c1-2-18(16-8-4-3-5-9-16)28-22-23(26(33)25(22)32)29-19-11-6-10-17(24(19)31)27(34)30-14-15-35-21-13-7-12-20(21)30/h3-6,8-11,18,20-21,28-29,31H,2,7,12-15H2,1H3/t18-,20-,21-/m1/s1. The fourth-order valence-corrected chi connectivity index (χ4v) is 5.21. The number of phenols is 1. The molecule has 3 aromatic carbocycles. The zero-order chi connectivity index (χ0) is 24.5. The van der Waals surface area contributed by atoms with Crippen LogP contribution in [0.25, 0.3) is 0 Å². The quantitative estimate of drug-likeness (QED) is 0.353. The molecule has 0 spiro atoms. The van der Waals surface area contributed by atoms with Gasteiger partial charge in [-0.2, -0.15) is 0 Å². The first kappa shape index (κ1) is 23.1. The van der Waals surface area contributed by atoms with Gasteiger partial charge in [0.1, 0.15) is 11.4 Å². The molecule has 1 heterocycles. The number of amides is 1. The van der Waals surface area contributed by atoms with Gasteiger partial charge >= 0.3 is 0 Å². The lowest BCUT2D eigenvalue weighted by Gasteiger charge is -2.37. The minimum absolute atomic E-state index is 0.0144. The van der Waals surface area contributed by atoms with Gasteiger partial charge in [0.25, 0.3) is 16.8 Å². The first-order valence-electron chi connectivity index (χ1n) is 12.2. The molecular formula is C27H29N3O5. The summed E-state index contributed by atoms with van der Waals surface area (Å²) in [7, 11) is 0. The molecule has 1 aliphatic carbocycles. The minimum Gasteiger partial charge on any atom is -0.505 e. The summed E-state index contributed by atoms with van der Waals surface area (Å²) in [5.74, 6) is -0.502. The molecule has 3 aromatic rings. The molecule has 5 rings (SSSR count). The predicted octanol–water partition coefficient (Wildman–Crippen LogP) is 3.69. The number of carbonyl (C=O) groups is 1. The van der Waals surface area contributed by atoms with Crippen LogP contribution in [0.15, 0.2) is 58.1 Å². The van der Waals surface area contributed by atoms with E-state index in [0.29, 0.717) is 19.6 Å². The maximum atomic E-state index is 13.3. The lowest BCUT2D eigenvalue weighted by Crippen LogP contribution is -2.51. The second-order valence-electron chi connectivity index (χ2n) is 9.16. The Kier molecular flexibility index (Phi) is 6.30. The van der Waals surface area contributed by atoms with Crippen LogP contribution in [0.1, 0.15) is 54.6 Å². The number of ether oxygens (including phenoxy) is 1. The topological polar surface area (TPSA) is 108 Å². The summed E-state index contributed by atoms with van der Waals surface area (Å²) < 4.78 is 5.80. The molecule has 2 aliphatic rings. The van der Waals surface area contributed by atoms with Crippen LogP contribution in [0.5, 0.6) is 5.75 Å². The van der Waals surface area contributed by atoms with Crippen molar-refractivity contribution in [2.75, 3.05) is 23.8 Å². The van der Waals surface area contributed by atoms with Crippen molar-refractivity contribution in [3.05, 3.63) is 80.1 Å². The third kappa shape index (κ3) is 4.18. The predicted molar refractivity (Wildman–Crippen MR) is 134 cm³/mol.